The van der Waals surface area contributed by atoms with Crippen molar-refractivity contribution in [3.8, 4) is 0 Å². The fourth-order valence-electron chi connectivity index (χ4n) is 0.852. The van der Waals surface area contributed by atoms with E-state index in [1.165, 1.54) is 0 Å². The molecule has 0 aromatic rings. The molecule has 1 amide bonds. The Morgan fingerprint density at radius 3 is 2.12 bits per heavy atom. The summed E-state index contributed by atoms with van der Waals surface area (Å²) in [4.78, 5) is 11.5. The highest BCUT2D eigenvalue weighted by atomic mass is 32.2. The molecule has 0 heterocycles. The van der Waals surface area contributed by atoms with E-state index in [1.807, 2.05) is 13.8 Å². The number of rotatable bonds is 5. The molecule has 16 heavy (non-hydrogen) atoms. The second-order valence-corrected chi connectivity index (χ2v) is 7.67. The van der Waals surface area contributed by atoms with Crippen molar-refractivity contribution in [2.24, 2.45) is 11.7 Å². The quantitative estimate of drug-likeness (QED) is 0.713. The highest BCUT2D eigenvalue weighted by molar-refractivity contribution is 7.92. The van der Waals surface area contributed by atoms with Gasteiger partial charge in [0.15, 0.2) is 9.84 Å². The van der Waals surface area contributed by atoms with Crippen molar-refractivity contribution in [3.63, 3.8) is 0 Å². The van der Waals surface area contributed by atoms with Crippen molar-refractivity contribution < 1.29 is 13.2 Å². The van der Waals surface area contributed by atoms with Gasteiger partial charge in [0.05, 0.1) is 10.8 Å². The van der Waals surface area contributed by atoms with E-state index in [9.17, 15) is 13.2 Å². The minimum absolute atomic E-state index is 0.0290. The molecule has 0 aromatic carbocycles. The molecule has 0 saturated heterocycles. The van der Waals surface area contributed by atoms with Gasteiger partial charge in [0.25, 0.3) is 0 Å². The van der Waals surface area contributed by atoms with Gasteiger partial charge in [0.1, 0.15) is 0 Å². The predicted octanol–water partition coefficient (Wildman–Crippen LogP) is -0.0909. The second kappa shape index (κ2) is 5.14. The van der Waals surface area contributed by atoms with Gasteiger partial charge >= 0.3 is 0 Å². The van der Waals surface area contributed by atoms with E-state index in [4.69, 9.17) is 5.73 Å². The molecule has 5 nitrogen and oxygen atoms in total. The van der Waals surface area contributed by atoms with Crippen molar-refractivity contribution in [1.29, 1.82) is 0 Å². The van der Waals surface area contributed by atoms with Crippen LogP contribution in [-0.4, -0.2) is 37.9 Å². The van der Waals surface area contributed by atoms with Crippen LogP contribution in [-0.2, 0) is 14.6 Å². The van der Waals surface area contributed by atoms with Crippen molar-refractivity contribution in [3.05, 3.63) is 0 Å². The van der Waals surface area contributed by atoms with Gasteiger partial charge in [0, 0.05) is 12.8 Å². The standard InChI is InChI=1S/C10H22N2O3S/c1-7(2)8(11)9(13)12-6-10(3,4)16(5,14)15/h7-8H,6,11H2,1-5H3,(H,12,13)/t8-/m1/s1. The van der Waals surface area contributed by atoms with E-state index < -0.39 is 20.6 Å². The van der Waals surface area contributed by atoms with Gasteiger partial charge in [-0.2, -0.15) is 0 Å². The molecule has 1 atom stereocenters. The van der Waals surface area contributed by atoms with Crippen LogP contribution in [0.3, 0.4) is 0 Å². The summed E-state index contributed by atoms with van der Waals surface area (Å²) in [5, 5.41) is 2.57. The number of hydrogen-bond acceptors (Lipinski definition) is 4. The Labute approximate surface area is 97.7 Å². The van der Waals surface area contributed by atoms with Crippen LogP contribution in [0.25, 0.3) is 0 Å². The highest BCUT2D eigenvalue weighted by Gasteiger charge is 2.31. The van der Waals surface area contributed by atoms with Crippen LogP contribution in [0.5, 0.6) is 0 Å². The van der Waals surface area contributed by atoms with Crippen molar-refractivity contribution in [1.82, 2.24) is 5.32 Å². The van der Waals surface area contributed by atoms with Crippen LogP contribution in [0.2, 0.25) is 0 Å². The van der Waals surface area contributed by atoms with E-state index in [1.54, 1.807) is 13.8 Å². The number of nitrogens with one attached hydrogen (secondary N) is 1. The highest BCUT2D eigenvalue weighted by Crippen LogP contribution is 2.13. The fraction of sp³-hybridized carbons (Fsp3) is 0.900. The number of nitrogens with two attached hydrogens (primary N) is 1. The molecule has 0 aliphatic rings. The maximum atomic E-state index is 11.5. The Kier molecular flexibility index (Phi) is 4.94. The van der Waals surface area contributed by atoms with Gasteiger partial charge in [-0.3, -0.25) is 4.79 Å². The van der Waals surface area contributed by atoms with Gasteiger partial charge in [-0.1, -0.05) is 13.8 Å². The third-order valence-electron chi connectivity index (χ3n) is 2.71. The third kappa shape index (κ3) is 4.09. The lowest BCUT2D eigenvalue weighted by molar-refractivity contribution is -0.123. The zero-order chi connectivity index (χ0) is 13.1. The Hall–Kier alpha value is -0.620. The summed E-state index contributed by atoms with van der Waals surface area (Å²) < 4.78 is 21.8. The van der Waals surface area contributed by atoms with Gasteiger partial charge in [-0.05, 0) is 19.8 Å². The first-order valence-electron chi connectivity index (χ1n) is 5.22. The summed E-state index contributed by atoms with van der Waals surface area (Å²) in [6, 6.07) is -0.602. The molecule has 0 spiro atoms. The molecule has 0 aliphatic heterocycles. The molecule has 0 saturated carbocycles. The van der Waals surface area contributed by atoms with E-state index >= 15 is 0 Å². The first-order valence-corrected chi connectivity index (χ1v) is 7.11. The lowest BCUT2D eigenvalue weighted by Crippen LogP contribution is -2.50. The zero-order valence-electron chi connectivity index (χ0n) is 10.6. The fourth-order valence-corrected chi connectivity index (χ4v) is 1.19. The summed E-state index contributed by atoms with van der Waals surface area (Å²) in [6.07, 6.45) is 1.15. The Balaban J connectivity index is 4.43. The Bertz CT molecular complexity index is 347. The van der Waals surface area contributed by atoms with Crippen LogP contribution in [0, 0.1) is 5.92 Å². The Morgan fingerprint density at radius 1 is 1.38 bits per heavy atom. The van der Waals surface area contributed by atoms with E-state index in [2.05, 4.69) is 5.32 Å². The molecule has 96 valence electrons. The van der Waals surface area contributed by atoms with Crippen molar-refractivity contribution >= 4 is 15.7 Å². The lowest BCUT2D eigenvalue weighted by atomic mass is 10.0. The first-order chi connectivity index (χ1) is 6.99. The van der Waals surface area contributed by atoms with E-state index in [-0.39, 0.29) is 18.4 Å². The zero-order valence-corrected chi connectivity index (χ0v) is 11.4. The molecule has 0 bridgehead atoms. The molecule has 0 fully saturated rings. The average molecular weight is 250 g/mol. The first kappa shape index (κ1) is 15.4. The molecule has 3 N–H and O–H groups in total. The maximum Gasteiger partial charge on any atom is 0.237 e. The molecular formula is C10H22N2O3S. The SMILES string of the molecule is CC(C)[C@@H](N)C(=O)NCC(C)(C)S(C)(=O)=O. The minimum Gasteiger partial charge on any atom is -0.353 e. The van der Waals surface area contributed by atoms with Gasteiger partial charge in [-0.15, -0.1) is 0 Å². The summed E-state index contributed by atoms with van der Waals surface area (Å²) in [7, 11) is -3.20. The van der Waals surface area contributed by atoms with Crippen LogP contribution in [0.1, 0.15) is 27.7 Å². The number of carbonyl (C=O) groups excluding carboxylic acids is 1. The topological polar surface area (TPSA) is 89.3 Å². The number of sulfone groups is 1. The van der Waals surface area contributed by atoms with Crippen molar-refractivity contribution in [2.75, 3.05) is 12.8 Å². The molecule has 0 radical (unpaired) electrons. The van der Waals surface area contributed by atoms with E-state index in [0.717, 1.165) is 6.26 Å². The predicted molar refractivity (Wildman–Crippen MR) is 64.7 cm³/mol. The monoisotopic (exact) mass is 250 g/mol. The van der Waals surface area contributed by atoms with Crippen LogP contribution in [0.15, 0.2) is 0 Å². The molecule has 0 aromatic heterocycles. The van der Waals surface area contributed by atoms with Gasteiger partial charge in [0.2, 0.25) is 5.91 Å². The van der Waals surface area contributed by atoms with Crippen LogP contribution < -0.4 is 11.1 Å². The third-order valence-corrected chi connectivity index (χ3v) is 4.86. The van der Waals surface area contributed by atoms with Crippen molar-refractivity contribution in [2.45, 2.75) is 38.5 Å². The maximum absolute atomic E-state index is 11.5. The van der Waals surface area contributed by atoms with Crippen LogP contribution >= 0.6 is 0 Å². The molecule has 6 heteroatoms. The number of amides is 1. The smallest absolute Gasteiger partial charge is 0.237 e. The second-order valence-electron chi connectivity index (χ2n) is 5.02. The number of hydrogen-bond donors (Lipinski definition) is 2. The van der Waals surface area contributed by atoms with E-state index in [0.29, 0.717) is 0 Å². The minimum atomic E-state index is -3.20. The molecule has 0 rings (SSSR count). The summed E-state index contributed by atoms with van der Waals surface area (Å²) in [5.74, 6) is -0.284. The molecular weight excluding hydrogens is 228 g/mol. The largest absolute Gasteiger partial charge is 0.353 e. The summed E-state index contributed by atoms with van der Waals surface area (Å²) in [6.45, 7) is 6.90. The summed E-state index contributed by atoms with van der Waals surface area (Å²) in [5.41, 5.74) is 5.64. The summed E-state index contributed by atoms with van der Waals surface area (Å²) >= 11 is 0. The van der Waals surface area contributed by atoms with Crippen LogP contribution in [0.4, 0.5) is 0 Å². The van der Waals surface area contributed by atoms with Gasteiger partial charge in [-0.25, -0.2) is 8.42 Å². The average Bonchev–Trinajstić information content (AvgIpc) is 2.11. The molecule has 0 unspecified atom stereocenters. The molecule has 0 aliphatic carbocycles. The lowest BCUT2D eigenvalue weighted by Gasteiger charge is -2.24. The van der Waals surface area contributed by atoms with Gasteiger partial charge < -0.3 is 11.1 Å². The number of carbonyl (C=O) groups is 1. The normalized spacial score (nSPS) is 14.9. The Morgan fingerprint density at radius 2 is 1.81 bits per heavy atom.